The second-order valence-corrected chi connectivity index (χ2v) is 6.03. The van der Waals surface area contributed by atoms with Gasteiger partial charge in [-0.1, -0.05) is 11.6 Å². The number of nitrogens with one attached hydrogen (secondary N) is 1. The van der Waals surface area contributed by atoms with Crippen LogP contribution in [0.5, 0.6) is 0 Å². The summed E-state index contributed by atoms with van der Waals surface area (Å²) in [6.07, 6.45) is 2.34. The quantitative estimate of drug-likeness (QED) is 0.906. The number of aromatic nitrogens is 2. The van der Waals surface area contributed by atoms with Crippen molar-refractivity contribution in [2.45, 2.75) is 38.6 Å². The van der Waals surface area contributed by atoms with Gasteiger partial charge in [-0.2, -0.15) is 0 Å². The van der Waals surface area contributed by atoms with Gasteiger partial charge in [0.1, 0.15) is 5.82 Å². The fraction of sp³-hybridized carbons (Fsp3) is 0.533. The summed E-state index contributed by atoms with van der Waals surface area (Å²) in [7, 11) is 0. The topological polar surface area (TPSA) is 29.9 Å². The molecule has 4 heteroatoms. The van der Waals surface area contributed by atoms with Gasteiger partial charge in [-0.3, -0.25) is 0 Å². The van der Waals surface area contributed by atoms with Crippen LogP contribution in [0.25, 0.3) is 11.0 Å². The van der Waals surface area contributed by atoms with E-state index in [1.54, 1.807) is 0 Å². The maximum atomic E-state index is 6.09. The minimum absolute atomic E-state index is 0.427. The maximum absolute atomic E-state index is 6.09. The number of halogens is 1. The summed E-state index contributed by atoms with van der Waals surface area (Å²) in [5.74, 6) is 1.79. The molecule has 1 N–H and O–H groups in total. The lowest BCUT2D eigenvalue weighted by Gasteiger charge is -2.24. The van der Waals surface area contributed by atoms with Gasteiger partial charge in [0.05, 0.1) is 11.0 Å². The van der Waals surface area contributed by atoms with E-state index in [-0.39, 0.29) is 0 Å². The molecule has 1 aliphatic heterocycles. The Morgan fingerprint density at radius 2 is 2.05 bits per heavy atom. The van der Waals surface area contributed by atoms with E-state index in [0.29, 0.717) is 12.0 Å². The van der Waals surface area contributed by atoms with Gasteiger partial charge in [-0.05, 0) is 58.0 Å². The van der Waals surface area contributed by atoms with E-state index >= 15 is 0 Å². The third kappa shape index (κ3) is 2.37. The van der Waals surface area contributed by atoms with Crippen molar-refractivity contribution in [1.82, 2.24) is 14.9 Å². The minimum Gasteiger partial charge on any atom is -0.325 e. The zero-order chi connectivity index (χ0) is 13.4. The smallest absolute Gasteiger partial charge is 0.113 e. The molecular weight excluding hydrogens is 258 g/mol. The summed E-state index contributed by atoms with van der Waals surface area (Å²) < 4.78 is 2.38. The van der Waals surface area contributed by atoms with Crippen LogP contribution in [0.15, 0.2) is 18.2 Å². The molecule has 1 fully saturated rings. The number of hydrogen-bond donors (Lipinski definition) is 1. The highest BCUT2D eigenvalue weighted by atomic mass is 35.5. The SMILES string of the molecule is CC(C)n1c(C2CCNCC2)nc2cc(Cl)ccc21. The molecule has 1 aromatic carbocycles. The van der Waals surface area contributed by atoms with E-state index in [2.05, 4.69) is 29.8 Å². The molecular formula is C15H20ClN3. The number of benzene rings is 1. The second kappa shape index (κ2) is 5.14. The predicted molar refractivity (Wildman–Crippen MR) is 80.0 cm³/mol. The summed E-state index contributed by atoms with van der Waals surface area (Å²) in [6, 6.07) is 6.45. The number of hydrogen-bond acceptors (Lipinski definition) is 2. The normalized spacial score (nSPS) is 17.5. The largest absolute Gasteiger partial charge is 0.325 e. The van der Waals surface area contributed by atoms with Crippen molar-refractivity contribution in [3.05, 3.63) is 29.0 Å². The van der Waals surface area contributed by atoms with Crippen LogP contribution < -0.4 is 5.32 Å². The number of fused-ring (bicyclic) bond motifs is 1. The fourth-order valence-corrected chi connectivity index (χ4v) is 3.17. The molecule has 102 valence electrons. The van der Waals surface area contributed by atoms with Gasteiger partial charge >= 0.3 is 0 Å². The van der Waals surface area contributed by atoms with Gasteiger partial charge in [-0.25, -0.2) is 4.98 Å². The van der Waals surface area contributed by atoms with Gasteiger partial charge < -0.3 is 9.88 Å². The van der Waals surface area contributed by atoms with Crippen molar-refractivity contribution < 1.29 is 0 Å². The molecule has 0 saturated carbocycles. The van der Waals surface area contributed by atoms with Gasteiger partial charge in [0.2, 0.25) is 0 Å². The van der Waals surface area contributed by atoms with Gasteiger partial charge in [0.15, 0.2) is 0 Å². The lowest BCUT2D eigenvalue weighted by molar-refractivity contribution is 0.423. The van der Waals surface area contributed by atoms with Crippen molar-refractivity contribution in [2.24, 2.45) is 0 Å². The first-order valence-corrected chi connectivity index (χ1v) is 7.42. The van der Waals surface area contributed by atoms with Gasteiger partial charge in [-0.15, -0.1) is 0 Å². The lowest BCUT2D eigenvalue weighted by Crippen LogP contribution is -2.28. The zero-order valence-corrected chi connectivity index (χ0v) is 12.2. The van der Waals surface area contributed by atoms with E-state index in [4.69, 9.17) is 16.6 Å². The summed E-state index contributed by atoms with van der Waals surface area (Å²) in [4.78, 5) is 4.87. The Balaban J connectivity index is 2.13. The van der Waals surface area contributed by atoms with Gasteiger partial charge in [0.25, 0.3) is 0 Å². The highest BCUT2D eigenvalue weighted by molar-refractivity contribution is 6.31. The molecule has 0 aliphatic carbocycles. The van der Waals surface area contributed by atoms with E-state index in [1.807, 2.05) is 12.1 Å². The summed E-state index contributed by atoms with van der Waals surface area (Å²) in [6.45, 7) is 6.63. The van der Waals surface area contributed by atoms with E-state index in [1.165, 1.54) is 24.2 Å². The fourth-order valence-electron chi connectivity index (χ4n) is 3.00. The third-order valence-corrected chi connectivity index (χ3v) is 4.13. The Morgan fingerprint density at radius 3 is 2.74 bits per heavy atom. The average Bonchev–Trinajstić information content (AvgIpc) is 2.78. The van der Waals surface area contributed by atoms with Crippen LogP contribution in [0, 0.1) is 0 Å². The highest BCUT2D eigenvalue weighted by Crippen LogP contribution is 2.31. The molecule has 2 aromatic rings. The molecule has 3 nitrogen and oxygen atoms in total. The monoisotopic (exact) mass is 277 g/mol. The number of nitrogens with zero attached hydrogens (tertiary/aromatic N) is 2. The molecule has 1 aliphatic rings. The molecule has 0 radical (unpaired) electrons. The van der Waals surface area contributed by atoms with E-state index < -0.39 is 0 Å². The van der Waals surface area contributed by atoms with Crippen molar-refractivity contribution in [3.63, 3.8) is 0 Å². The molecule has 0 unspecified atom stereocenters. The van der Waals surface area contributed by atoms with Crippen molar-refractivity contribution >= 4 is 22.6 Å². The maximum Gasteiger partial charge on any atom is 0.113 e. The van der Waals surface area contributed by atoms with Crippen molar-refractivity contribution in [2.75, 3.05) is 13.1 Å². The Morgan fingerprint density at radius 1 is 1.32 bits per heavy atom. The average molecular weight is 278 g/mol. The van der Waals surface area contributed by atoms with Crippen molar-refractivity contribution in [3.8, 4) is 0 Å². The first-order chi connectivity index (χ1) is 9.16. The first-order valence-electron chi connectivity index (χ1n) is 7.05. The second-order valence-electron chi connectivity index (χ2n) is 5.59. The minimum atomic E-state index is 0.427. The Labute approximate surface area is 119 Å². The predicted octanol–water partition coefficient (Wildman–Crippen LogP) is 3.74. The zero-order valence-electron chi connectivity index (χ0n) is 11.5. The lowest BCUT2D eigenvalue weighted by atomic mass is 9.97. The van der Waals surface area contributed by atoms with Crippen LogP contribution >= 0.6 is 11.6 Å². The molecule has 0 spiro atoms. The van der Waals surface area contributed by atoms with Crippen LogP contribution in [-0.2, 0) is 0 Å². The van der Waals surface area contributed by atoms with E-state index in [0.717, 1.165) is 23.6 Å². The molecule has 1 aromatic heterocycles. The number of piperidine rings is 1. The summed E-state index contributed by atoms with van der Waals surface area (Å²) in [5.41, 5.74) is 2.22. The molecule has 19 heavy (non-hydrogen) atoms. The standard InChI is InChI=1S/C15H20ClN3/c1-10(2)19-14-4-3-12(16)9-13(14)18-15(19)11-5-7-17-8-6-11/h3-4,9-11,17H,5-8H2,1-2H3. The Bertz CT molecular complexity index is 582. The number of rotatable bonds is 2. The summed E-state index contributed by atoms with van der Waals surface area (Å²) in [5, 5.41) is 4.18. The Kier molecular flexibility index (Phi) is 3.50. The first kappa shape index (κ1) is 12.9. The van der Waals surface area contributed by atoms with Crippen LogP contribution in [0.4, 0.5) is 0 Å². The van der Waals surface area contributed by atoms with Gasteiger partial charge in [0, 0.05) is 17.0 Å². The van der Waals surface area contributed by atoms with Crippen molar-refractivity contribution in [1.29, 1.82) is 0 Å². The molecule has 1 saturated heterocycles. The Hall–Kier alpha value is -1.06. The van der Waals surface area contributed by atoms with E-state index in [9.17, 15) is 0 Å². The molecule has 3 rings (SSSR count). The van der Waals surface area contributed by atoms with Crippen LogP contribution in [0.2, 0.25) is 5.02 Å². The number of imidazole rings is 1. The van der Waals surface area contributed by atoms with Crippen LogP contribution in [-0.4, -0.2) is 22.6 Å². The summed E-state index contributed by atoms with van der Waals surface area (Å²) >= 11 is 6.09. The molecule has 2 heterocycles. The molecule has 0 bridgehead atoms. The van der Waals surface area contributed by atoms with Crippen LogP contribution in [0.3, 0.4) is 0 Å². The molecule has 0 atom stereocenters. The third-order valence-electron chi connectivity index (χ3n) is 3.90. The van der Waals surface area contributed by atoms with Crippen LogP contribution in [0.1, 0.15) is 44.5 Å². The molecule has 0 amide bonds. The highest BCUT2D eigenvalue weighted by Gasteiger charge is 2.23.